The molecule has 3 N–H and O–H groups in total. The normalized spacial score (nSPS) is 12.5. The van der Waals surface area contributed by atoms with Crippen LogP contribution < -0.4 is 11.1 Å². The first-order chi connectivity index (χ1) is 9.19. The molecule has 0 bridgehead atoms. The number of nitrogens with one attached hydrogen (secondary N) is 1. The smallest absolute Gasteiger partial charge is 0.123 e. The van der Waals surface area contributed by atoms with Gasteiger partial charge < -0.3 is 11.1 Å². The van der Waals surface area contributed by atoms with Crippen LogP contribution in [0.3, 0.4) is 0 Å². The quantitative estimate of drug-likeness (QED) is 0.842. The summed E-state index contributed by atoms with van der Waals surface area (Å²) in [6.07, 6.45) is 3.83. The Bertz CT molecular complexity index is 527. The second-order valence-corrected chi connectivity index (χ2v) is 6.94. The first kappa shape index (κ1) is 14.5. The topological polar surface area (TPSA) is 50.9 Å². The van der Waals surface area contributed by atoms with Crippen molar-refractivity contribution < 1.29 is 0 Å². The Labute approximate surface area is 126 Å². The van der Waals surface area contributed by atoms with Crippen LogP contribution in [0, 0.1) is 0 Å². The van der Waals surface area contributed by atoms with Crippen LogP contribution in [0.4, 0.5) is 5.82 Å². The zero-order valence-electron chi connectivity index (χ0n) is 10.9. The Balaban J connectivity index is 2.13. The molecule has 3 nitrogen and oxygen atoms in total. The molecular weight excluding hydrogens is 322 g/mol. The Morgan fingerprint density at radius 3 is 2.89 bits per heavy atom. The lowest BCUT2D eigenvalue weighted by Gasteiger charge is -2.17. The fraction of sp³-hybridized carbons (Fsp3) is 0.357. The third kappa shape index (κ3) is 4.30. The number of rotatable bonds is 6. The number of hydrogen-bond acceptors (Lipinski definition) is 4. The van der Waals surface area contributed by atoms with Crippen molar-refractivity contribution in [2.24, 2.45) is 0 Å². The lowest BCUT2D eigenvalue weighted by atomic mass is 10.1. The Morgan fingerprint density at radius 1 is 1.42 bits per heavy atom. The molecule has 2 aromatic heterocycles. The van der Waals surface area contributed by atoms with E-state index in [-0.39, 0.29) is 0 Å². The van der Waals surface area contributed by atoms with Gasteiger partial charge in [0.2, 0.25) is 0 Å². The molecular formula is C14H18BrN3S. The molecule has 0 saturated heterocycles. The van der Waals surface area contributed by atoms with Gasteiger partial charge in [-0.2, -0.15) is 0 Å². The molecule has 102 valence electrons. The summed E-state index contributed by atoms with van der Waals surface area (Å²) >= 11 is 5.30. The average Bonchev–Trinajstić information content (AvgIpc) is 2.81. The number of pyridine rings is 1. The van der Waals surface area contributed by atoms with Gasteiger partial charge in [0, 0.05) is 17.1 Å². The highest BCUT2D eigenvalue weighted by atomic mass is 79.9. The van der Waals surface area contributed by atoms with Gasteiger partial charge in [0.1, 0.15) is 5.82 Å². The molecule has 0 fully saturated rings. The maximum atomic E-state index is 5.74. The molecule has 0 aromatic carbocycles. The van der Waals surface area contributed by atoms with Crippen molar-refractivity contribution >= 4 is 33.1 Å². The van der Waals surface area contributed by atoms with Gasteiger partial charge in [-0.05, 0) is 65.1 Å². The summed E-state index contributed by atoms with van der Waals surface area (Å²) in [5.41, 5.74) is 6.95. The lowest BCUT2D eigenvalue weighted by molar-refractivity contribution is 0.536. The second kappa shape index (κ2) is 7.03. The van der Waals surface area contributed by atoms with Gasteiger partial charge in [0.15, 0.2) is 0 Å². The van der Waals surface area contributed by atoms with Gasteiger partial charge in [-0.1, -0.05) is 6.92 Å². The molecule has 1 unspecified atom stereocenters. The molecule has 0 aliphatic rings. The number of anilines is 1. The highest BCUT2D eigenvalue weighted by Crippen LogP contribution is 2.29. The number of nitrogens with zero attached hydrogens (tertiary/aromatic N) is 1. The third-order valence-electron chi connectivity index (χ3n) is 2.86. The number of halogens is 1. The molecule has 2 aromatic rings. The fourth-order valence-electron chi connectivity index (χ4n) is 1.96. The van der Waals surface area contributed by atoms with E-state index in [1.807, 2.05) is 12.1 Å². The molecule has 19 heavy (non-hydrogen) atoms. The van der Waals surface area contributed by atoms with E-state index in [9.17, 15) is 0 Å². The summed E-state index contributed by atoms with van der Waals surface area (Å²) in [5, 5.41) is 3.60. The van der Waals surface area contributed by atoms with E-state index in [1.54, 1.807) is 17.5 Å². The number of hydrogen-bond donors (Lipinski definition) is 2. The monoisotopic (exact) mass is 339 g/mol. The molecule has 0 radical (unpaired) electrons. The number of nitrogen functional groups attached to an aromatic ring is 1. The van der Waals surface area contributed by atoms with E-state index in [0.29, 0.717) is 11.9 Å². The third-order valence-corrected chi connectivity index (χ3v) is 4.60. The zero-order valence-corrected chi connectivity index (χ0v) is 13.3. The first-order valence-corrected chi connectivity index (χ1v) is 7.99. The highest BCUT2D eigenvalue weighted by molar-refractivity contribution is 9.11. The van der Waals surface area contributed by atoms with Crippen molar-refractivity contribution in [3.05, 3.63) is 44.7 Å². The van der Waals surface area contributed by atoms with Crippen LogP contribution in [0.1, 0.15) is 29.8 Å². The van der Waals surface area contributed by atoms with Crippen molar-refractivity contribution in [3.8, 4) is 0 Å². The van der Waals surface area contributed by atoms with Gasteiger partial charge in [-0.15, -0.1) is 11.3 Å². The van der Waals surface area contributed by atoms with Crippen LogP contribution in [0.2, 0.25) is 0 Å². The van der Waals surface area contributed by atoms with Gasteiger partial charge in [0.25, 0.3) is 0 Å². The van der Waals surface area contributed by atoms with Crippen molar-refractivity contribution in [3.63, 3.8) is 0 Å². The van der Waals surface area contributed by atoms with E-state index in [4.69, 9.17) is 5.73 Å². The Hall–Kier alpha value is -0.910. The molecule has 0 aliphatic heterocycles. The molecule has 0 amide bonds. The number of nitrogens with two attached hydrogens (primary N) is 1. The first-order valence-electron chi connectivity index (χ1n) is 6.38. The largest absolute Gasteiger partial charge is 0.384 e. The SMILES string of the molecule is CCCNC(Cc1ccnc(N)c1)c1ccc(Br)s1. The van der Waals surface area contributed by atoms with Crippen LogP contribution >= 0.6 is 27.3 Å². The van der Waals surface area contributed by atoms with Crippen LogP contribution in [0.25, 0.3) is 0 Å². The summed E-state index contributed by atoms with van der Waals surface area (Å²) in [7, 11) is 0. The molecule has 0 spiro atoms. The lowest BCUT2D eigenvalue weighted by Crippen LogP contribution is -2.23. The maximum absolute atomic E-state index is 5.74. The zero-order chi connectivity index (χ0) is 13.7. The maximum Gasteiger partial charge on any atom is 0.123 e. The molecule has 2 rings (SSSR count). The van der Waals surface area contributed by atoms with E-state index < -0.39 is 0 Å². The van der Waals surface area contributed by atoms with E-state index >= 15 is 0 Å². The summed E-state index contributed by atoms with van der Waals surface area (Å²) in [4.78, 5) is 5.38. The predicted octanol–water partition coefficient (Wildman–Crippen LogP) is 3.77. The van der Waals surface area contributed by atoms with Crippen LogP contribution in [0.15, 0.2) is 34.2 Å². The average molecular weight is 340 g/mol. The standard InChI is InChI=1S/C14H18BrN3S/c1-2-6-17-11(12-3-4-13(15)19-12)8-10-5-7-18-14(16)9-10/h3-5,7,9,11,17H,2,6,8H2,1H3,(H2,16,18). The molecule has 1 atom stereocenters. The van der Waals surface area contributed by atoms with Gasteiger partial charge in [-0.25, -0.2) is 4.98 Å². The number of thiophene rings is 1. The van der Waals surface area contributed by atoms with Gasteiger partial charge >= 0.3 is 0 Å². The van der Waals surface area contributed by atoms with Crippen molar-refractivity contribution in [1.82, 2.24) is 10.3 Å². The second-order valence-electron chi connectivity index (χ2n) is 4.44. The summed E-state index contributed by atoms with van der Waals surface area (Å²) in [5.74, 6) is 0.583. The van der Waals surface area contributed by atoms with Crippen molar-refractivity contribution in [2.75, 3.05) is 12.3 Å². The number of aromatic nitrogens is 1. The van der Waals surface area contributed by atoms with Crippen molar-refractivity contribution in [1.29, 1.82) is 0 Å². The minimum Gasteiger partial charge on any atom is -0.384 e. The van der Waals surface area contributed by atoms with E-state index in [1.165, 1.54) is 14.2 Å². The van der Waals surface area contributed by atoms with Crippen LogP contribution in [-0.4, -0.2) is 11.5 Å². The van der Waals surface area contributed by atoms with Crippen LogP contribution in [0.5, 0.6) is 0 Å². The van der Waals surface area contributed by atoms with Gasteiger partial charge in [-0.3, -0.25) is 0 Å². The minimum absolute atomic E-state index is 0.332. The molecule has 2 heterocycles. The Morgan fingerprint density at radius 2 is 2.26 bits per heavy atom. The summed E-state index contributed by atoms with van der Waals surface area (Å²) < 4.78 is 1.17. The fourth-order valence-corrected chi connectivity index (χ4v) is 3.46. The minimum atomic E-state index is 0.332. The molecule has 0 saturated carbocycles. The van der Waals surface area contributed by atoms with Gasteiger partial charge in [0.05, 0.1) is 3.79 Å². The summed E-state index contributed by atoms with van der Waals surface area (Å²) in [6.45, 7) is 3.19. The predicted molar refractivity (Wildman–Crippen MR) is 85.4 cm³/mol. The molecule has 5 heteroatoms. The summed E-state index contributed by atoms with van der Waals surface area (Å²) in [6, 6.07) is 8.58. The van der Waals surface area contributed by atoms with Crippen LogP contribution in [-0.2, 0) is 6.42 Å². The molecule has 0 aliphatic carbocycles. The highest BCUT2D eigenvalue weighted by Gasteiger charge is 2.14. The Kier molecular flexibility index (Phi) is 5.36. The van der Waals surface area contributed by atoms with E-state index in [0.717, 1.165) is 19.4 Å². The van der Waals surface area contributed by atoms with Crippen molar-refractivity contribution in [2.45, 2.75) is 25.8 Å². The van der Waals surface area contributed by atoms with E-state index in [2.05, 4.69) is 45.3 Å².